The molecular formula is C20H22F3N5. The Labute approximate surface area is 161 Å². The first-order chi connectivity index (χ1) is 13.5. The maximum Gasteiger partial charge on any atom is 0.416 e. The van der Waals surface area contributed by atoms with Crippen LogP contribution >= 0.6 is 0 Å². The molecule has 0 saturated carbocycles. The Morgan fingerprint density at radius 3 is 2.54 bits per heavy atom. The largest absolute Gasteiger partial charge is 0.416 e. The summed E-state index contributed by atoms with van der Waals surface area (Å²) < 4.78 is 39.9. The van der Waals surface area contributed by atoms with Crippen molar-refractivity contribution in [3.63, 3.8) is 0 Å². The van der Waals surface area contributed by atoms with Gasteiger partial charge in [-0.1, -0.05) is 24.3 Å². The first-order valence-corrected chi connectivity index (χ1v) is 8.98. The topological polar surface area (TPSA) is 54.2 Å². The van der Waals surface area contributed by atoms with Crippen molar-refractivity contribution in [2.75, 3.05) is 13.6 Å². The third-order valence-corrected chi connectivity index (χ3v) is 4.36. The monoisotopic (exact) mass is 389 g/mol. The van der Waals surface area contributed by atoms with Crippen LogP contribution < -0.4 is 10.6 Å². The van der Waals surface area contributed by atoms with E-state index in [9.17, 15) is 13.2 Å². The number of alkyl halides is 3. The van der Waals surface area contributed by atoms with Gasteiger partial charge in [-0.05, 0) is 36.2 Å². The summed E-state index contributed by atoms with van der Waals surface area (Å²) in [4.78, 5) is 8.51. The number of aromatic nitrogens is 2. The average Bonchev–Trinajstić information content (AvgIpc) is 3.10. The molecule has 28 heavy (non-hydrogen) atoms. The van der Waals surface area contributed by atoms with Crippen molar-refractivity contribution in [2.24, 2.45) is 4.99 Å². The number of hydrogen-bond acceptors (Lipinski definition) is 2. The minimum Gasteiger partial charge on any atom is -0.356 e. The molecule has 0 unspecified atom stereocenters. The predicted octanol–water partition coefficient (Wildman–Crippen LogP) is 3.81. The molecule has 0 aliphatic heterocycles. The van der Waals surface area contributed by atoms with Gasteiger partial charge in [0.1, 0.15) is 0 Å². The van der Waals surface area contributed by atoms with Crippen molar-refractivity contribution in [3.8, 4) is 0 Å². The normalized spacial score (nSPS) is 12.4. The lowest BCUT2D eigenvalue weighted by Gasteiger charge is -2.13. The highest BCUT2D eigenvalue weighted by atomic mass is 19.4. The van der Waals surface area contributed by atoms with E-state index in [2.05, 4.69) is 25.2 Å². The predicted molar refractivity (Wildman–Crippen MR) is 104 cm³/mol. The maximum atomic E-state index is 12.6. The summed E-state index contributed by atoms with van der Waals surface area (Å²) in [5.41, 5.74) is 2.18. The van der Waals surface area contributed by atoms with Gasteiger partial charge in [-0.2, -0.15) is 13.2 Å². The minimum absolute atomic E-state index is 0.393. The number of aryl methyl sites for hydroxylation is 1. The molecule has 148 valence electrons. The van der Waals surface area contributed by atoms with Crippen LogP contribution in [0.4, 0.5) is 13.2 Å². The lowest BCUT2D eigenvalue weighted by atomic mass is 10.1. The van der Waals surface area contributed by atoms with E-state index in [1.54, 1.807) is 7.05 Å². The fourth-order valence-corrected chi connectivity index (χ4v) is 2.86. The molecule has 0 fully saturated rings. The Balaban J connectivity index is 1.43. The van der Waals surface area contributed by atoms with E-state index in [4.69, 9.17) is 0 Å². The number of aliphatic imine (C=N–C) groups is 1. The Bertz CT molecular complexity index is 929. The zero-order chi connectivity index (χ0) is 20.0. The van der Waals surface area contributed by atoms with Crippen LogP contribution in [0.5, 0.6) is 0 Å². The van der Waals surface area contributed by atoms with Crippen molar-refractivity contribution >= 4 is 17.0 Å². The van der Waals surface area contributed by atoms with E-state index < -0.39 is 11.7 Å². The molecule has 1 heterocycles. The summed E-state index contributed by atoms with van der Waals surface area (Å²) in [6.45, 7) is 1.92. The van der Waals surface area contributed by atoms with Crippen LogP contribution in [0.2, 0.25) is 0 Å². The molecule has 0 amide bonds. The molecule has 3 aromatic rings. The van der Waals surface area contributed by atoms with Gasteiger partial charge in [0.05, 0.1) is 22.9 Å². The van der Waals surface area contributed by atoms with E-state index in [0.717, 1.165) is 41.7 Å². The van der Waals surface area contributed by atoms with Crippen LogP contribution in [0.3, 0.4) is 0 Å². The van der Waals surface area contributed by atoms with Gasteiger partial charge in [0.2, 0.25) is 0 Å². The van der Waals surface area contributed by atoms with E-state index in [1.807, 2.05) is 30.6 Å². The third kappa shape index (κ3) is 5.03. The lowest BCUT2D eigenvalue weighted by molar-refractivity contribution is -0.137. The van der Waals surface area contributed by atoms with Gasteiger partial charge < -0.3 is 15.2 Å². The summed E-state index contributed by atoms with van der Waals surface area (Å²) in [5, 5.41) is 6.32. The quantitative estimate of drug-likeness (QED) is 0.383. The third-order valence-electron chi connectivity index (χ3n) is 4.36. The molecule has 2 N–H and O–H groups in total. The number of fused-ring (bicyclic) bond motifs is 1. The fourth-order valence-electron chi connectivity index (χ4n) is 2.86. The average molecular weight is 389 g/mol. The van der Waals surface area contributed by atoms with Gasteiger partial charge in [0.25, 0.3) is 0 Å². The van der Waals surface area contributed by atoms with E-state index in [0.29, 0.717) is 19.0 Å². The molecule has 0 aliphatic carbocycles. The lowest BCUT2D eigenvalue weighted by Crippen LogP contribution is -2.37. The number of hydrogen-bond donors (Lipinski definition) is 2. The second-order valence-electron chi connectivity index (χ2n) is 6.33. The van der Waals surface area contributed by atoms with Crippen molar-refractivity contribution < 1.29 is 13.2 Å². The molecule has 0 atom stereocenters. The summed E-state index contributed by atoms with van der Waals surface area (Å²) in [6, 6.07) is 13.1. The van der Waals surface area contributed by atoms with Crippen LogP contribution in [-0.4, -0.2) is 29.1 Å². The number of benzene rings is 2. The number of guanidine groups is 1. The number of imidazole rings is 1. The highest BCUT2D eigenvalue weighted by Gasteiger charge is 2.29. The Morgan fingerprint density at radius 2 is 1.82 bits per heavy atom. The molecule has 0 saturated heterocycles. The molecule has 0 radical (unpaired) electrons. The first-order valence-electron chi connectivity index (χ1n) is 8.98. The molecule has 3 rings (SSSR count). The zero-order valence-electron chi connectivity index (χ0n) is 15.5. The van der Waals surface area contributed by atoms with Crippen molar-refractivity contribution in [1.82, 2.24) is 20.2 Å². The zero-order valence-corrected chi connectivity index (χ0v) is 15.5. The Morgan fingerprint density at radius 1 is 1.07 bits per heavy atom. The van der Waals surface area contributed by atoms with E-state index in [-0.39, 0.29) is 0 Å². The highest BCUT2D eigenvalue weighted by molar-refractivity contribution is 5.79. The Kier molecular flexibility index (Phi) is 6.18. The van der Waals surface area contributed by atoms with Crippen LogP contribution in [0.25, 0.3) is 11.0 Å². The summed E-state index contributed by atoms with van der Waals surface area (Å²) in [5.74, 6) is 0.607. The van der Waals surface area contributed by atoms with Gasteiger partial charge in [-0.3, -0.25) is 4.99 Å². The number of rotatable bonds is 6. The van der Waals surface area contributed by atoms with Gasteiger partial charge in [-0.15, -0.1) is 0 Å². The highest BCUT2D eigenvalue weighted by Crippen LogP contribution is 2.29. The van der Waals surface area contributed by atoms with E-state index >= 15 is 0 Å². The molecular weight excluding hydrogens is 367 g/mol. The molecule has 8 heteroatoms. The molecule has 0 spiro atoms. The van der Waals surface area contributed by atoms with Gasteiger partial charge in [0.15, 0.2) is 5.96 Å². The molecule has 0 aliphatic rings. The fraction of sp³-hybridized carbons (Fsp3) is 0.300. The molecule has 2 aromatic carbocycles. The minimum atomic E-state index is -4.32. The number of nitrogens with zero attached hydrogens (tertiary/aromatic N) is 3. The van der Waals surface area contributed by atoms with Crippen LogP contribution in [-0.2, 0) is 19.3 Å². The van der Waals surface area contributed by atoms with Gasteiger partial charge in [-0.25, -0.2) is 4.98 Å². The second kappa shape index (κ2) is 8.77. The molecule has 5 nitrogen and oxygen atoms in total. The van der Waals surface area contributed by atoms with Crippen LogP contribution in [0.1, 0.15) is 17.5 Å². The van der Waals surface area contributed by atoms with Gasteiger partial charge >= 0.3 is 6.18 Å². The SMILES string of the molecule is CN=C(NCCCn1cnc2ccccc21)NCc1ccc(C(F)(F)F)cc1. The van der Waals surface area contributed by atoms with Crippen LogP contribution in [0, 0.1) is 0 Å². The number of nitrogens with one attached hydrogen (secondary N) is 2. The van der Waals surface area contributed by atoms with Crippen molar-refractivity contribution in [2.45, 2.75) is 25.7 Å². The standard InChI is InChI=1S/C20H22F3N5/c1-24-19(26-13-15-7-9-16(10-8-15)20(21,22)23)25-11-4-12-28-14-27-17-5-2-3-6-18(17)28/h2-3,5-10,14H,4,11-13H2,1H3,(H2,24,25,26). The van der Waals surface area contributed by atoms with E-state index in [1.165, 1.54) is 12.1 Å². The summed E-state index contributed by atoms with van der Waals surface area (Å²) in [6.07, 6.45) is -1.60. The van der Waals surface area contributed by atoms with Gasteiger partial charge in [0, 0.05) is 26.7 Å². The number of para-hydroxylation sites is 2. The molecule has 1 aromatic heterocycles. The second-order valence-corrected chi connectivity index (χ2v) is 6.33. The summed E-state index contributed by atoms with van der Waals surface area (Å²) >= 11 is 0. The Hall–Kier alpha value is -3.03. The van der Waals surface area contributed by atoms with Crippen molar-refractivity contribution in [1.29, 1.82) is 0 Å². The van der Waals surface area contributed by atoms with Crippen LogP contribution in [0.15, 0.2) is 59.9 Å². The first kappa shape index (κ1) is 19.7. The maximum absolute atomic E-state index is 12.6. The number of halogens is 3. The molecule has 0 bridgehead atoms. The summed E-state index contributed by atoms with van der Waals surface area (Å²) in [7, 11) is 1.66. The smallest absolute Gasteiger partial charge is 0.356 e. The van der Waals surface area contributed by atoms with Crippen molar-refractivity contribution in [3.05, 3.63) is 66.0 Å².